The molecular formula is C13H12BrClN2. The van der Waals surface area contributed by atoms with Crippen LogP contribution in [-0.2, 0) is 0 Å². The van der Waals surface area contributed by atoms with E-state index in [1.807, 2.05) is 42.5 Å². The SMILES string of the molecule is Nc1ccc(Br)cc1C(N)c1ccc(Cl)cc1. The van der Waals surface area contributed by atoms with E-state index in [-0.39, 0.29) is 6.04 Å². The lowest BCUT2D eigenvalue weighted by Gasteiger charge is -2.15. The molecule has 2 aromatic carbocycles. The Hall–Kier alpha value is -1.03. The molecule has 1 unspecified atom stereocenters. The van der Waals surface area contributed by atoms with Crippen LogP contribution in [0.15, 0.2) is 46.9 Å². The number of halogens is 2. The number of benzene rings is 2. The van der Waals surface area contributed by atoms with Gasteiger partial charge in [-0.2, -0.15) is 0 Å². The second kappa shape index (κ2) is 5.08. The second-order valence-electron chi connectivity index (χ2n) is 3.80. The molecular weight excluding hydrogens is 300 g/mol. The molecule has 0 bridgehead atoms. The highest BCUT2D eigenvalue weighted by Crippen LogP contribution is 2.28. The Morgan fingerprint density at radius 3 is 2.35 bits per heavy atom. The van der Waals surface area contributed by atoms with Crippen molar-refractivity contribution in [3.8, 4) is 0 Å². The van der Waals surface area contributed by atoms with Gasteiger partial charge in [0.1, 0.15) is 0 Å². The molecule has 4 N–H and O–H groups in total. The van der Waals surface area contributed by atoms with Gasteiger partial charge in [0.25, 0.3) is 0 Å². The number of nitrogens with two attached hydrogens (primary N) is 2. The molecule has 2 rings (SSSR count). The second-order valence-corrected chi connectivity index (χ2v) is 5.15. The quantitative estimate of drug-likeness (QED) is 0.830. The molecule has 0 spiro atoms. The van der Waals surface area contributed by atoms with E-state index in [1.165, 1.54) is 0 Å². The molecule has 0 aromatic heterocycles. The third kappa shape index (κ3) is 2.80. The first-order valence-electron chi connectivity index (χ1n) is 5.14. The van der Waals surface area contributed by atoms with Gasteiger partial charge >= 0.3 is 0 Å². The van der Waals surface area contributed by atoms with E-state index in [0.29, 0.717) is 10.7 Å². The first kappa shape index (κ1) is 12.4. The molecule has 2 aromatic rings. The Morgan fingerprint density at radius 2 is 1.71 bits per heavy atom. The molecule has 88 valence electrons. The highest BCUT2D eigenvalue weighted by Gasteiger charge is 2.12. The van der Waals surface area contributed by atoms with Gasteiger partial charge in [-0.15, -0.1) is 0 Å². The first-order chi connectivity index (χ1) is 8.08. The van der Waals surface area contributed by atoms with Gasteiger partial charge in [0.05, 0.1) is 6.04 Å². The van der Waals surface area contributed by atoms with E-state index in [9.17, 15) is 0 Å². The van der Waals surface area contributed by atoms with Gasteiger partial charge in [0, 0.05) is 15.2 Å². The van der Waals surface area contributed by atoms with Gasteiger partial charge in [-0.1, -0.05) is 39.7 Å². The van der Waals surface area contributed by atoms with Crippen LogP contribution in [0.5, 0.6) is 0 Å². The molecule has 4 heteroatoms. The van der Waals surface area contributed by atoms with Crippen molar-refractivity contribution in [1.29, 1.82) is 0 Å². The van der Waals surface area contributed by atoms with Crippen LogP contribution in [-0.4, -0.2) is 0 Å². The summed E-state index contributed by atoms with van der Waals surface area (Å²) in [5, 5.41) is 0.697. The lowest BCUT2D eigenvalue weighted by molar-refractivity contribution is 0.874. The summed E-state index contributed by atoms with van der Waals surface area (Å²) in [4.78, 5) is 0. The van der Waals surface area contributed by atoms with Crippen molar-refractivity contribution in [2.75, 3.05) is 5.73 Å². The van der Waals surface area contributed by atoms with Crippen molar-refractivity contribution >= 4 is 33.2 Å². The Morgan fingerprint density at radius 1 is 1.06 bits per heavy atom. The fourth-order valence-electron chi connectivity index (χ4n) is 1.66. The molecule has 17 heavy (non-hydrogen) atoms. The average molecular weight is 312 g/mol. The minimum atomic E-state index is -0.246. The summed E-state index contributed by atoms with van der Waals surface area (Å²) < 4.78 is 0.964. The number of rotatable bonds is 2. The summed E-state index contributed by atoms with van der Waals surface area (Å²) in [7, 11) is 0. The normalized spacial score (nSPS) is 12.4. The zero-order valence-electron chi connectivity index (χ0n) is 9.03. The Labute approximate surface area is 114 Å². The van der Waals surface area contributed by atoms with Gasteiger partial charge < -0.3 is 11.5 Å². The van der Waals surface area contributed by atoms with E-state index < -0.39 is 0 Å². The fraction of sp³-hybridized carbons (Fsp3) is 0.0769. The summed E-state index contributed by atoms with van der Waals surface area (Å²) in [6.45, 7) is 0. The third-order valence-electron chi connectivity index (χ3n) is 2.61. The van der Waals surface area contributed by atoms with Crippen molar-refractivity contribution in [1.82, 2.24) is 0 Å². The van der Waals surface area contributed by atoms with E-state index in [0.717, 1.165) is 15.6 Å². The number of hydrogen-bond donors (Lipinski definition) is 2. The highest BCUT2D eigenvalue weighted by atomic mass is 79.9. The lowest BCUT2D eigenvalue weighted by atomic mass is 9.98. The molecule has 2 nitrogen and oxygen atoms in total. The summed E-state index contributed by atoms with van der Waals surface area (Å²) in [6.07, 6.45) is 0. The van der Waals surface area contributed by atoms with Gasteiger partial charge in [0.15, 0.2) is 0 Å². The van der Waals surface area contributed by atoms with Crippen LogP contribution in [0.2, 0.25) is 5.02 Å². The Kier molecular flexibility index (Phi) is 3.72. The van der Waals surface area contributed by atoms with Gasteiger partial charge in [-0.3, -0.25) is 0 Å². The van der Waals surface area contributed by atoms with E-state index in [1.54, 1.807) is 0 Å². The van der Waals surface area contributed by atoms with Gasteiger partial charge in [-0.25, -0.2) is 0 Å². The van der Waals surface area contributed by atoms with E-state index in [2.05, 4.69) is 15.9 Å². The maximum atomic E-state index is 6.19. The van der Waals surface area contributed by atoms with Crippen LogP contribution in [0.3, 0.4) is 0 Å². The van der Waals surface area contributed by atoms with Crippen LogP contribution in [0.4, 0.5) is 5.69 Å². The van der Waals surface area contributed by atoms with Gasteiger partial charge in [-0.05, 0) is 41.5 Å². The van der Waals surface area contributed by atoms with E-state index in [4.69, 9.17) is 23.1 Å². The lowest BCUT2D eigenvalue weighted by Crippen LogP contribution is -2.13. The maximum absolute atomic E-state index is 6.19. The van der Waals surface area contributed by atoms with Crippen LogP contribution in [0.1, 0.15) is 17.2 Å². The molecule has 0 aliphatic carbocycles. The molecule has 0 aliphatic heterocycles. The Balaban J connectivity index is 2.39. The van der Waals surface area contributed by atoms with Gasteiger partial charge in [0.2, 0.25) is 0 Å². The first-order valence-corrected chi connectivity index (χ1v) is 6.31. The van der Waals surface area contributed by atoms with Crippen molar-refractivity contribution in [2.45, 2.75) is 6.04 Å². The Bertz CT molecular complexity index is 525. The van der Waals surface area contributed by atoms with Crippen LogP contribution < -0.4 is 11.5 Å². The highest BCUT2D eigenvalue weighted by molar-refractivity contribution is 9.10. The van der Waals surface area contributed by atoms with Crippen LogP contribution >= 0.6 is 27.5 Å². The maximum Gasteiger partial charge on any atom is 0.0572 e. The topological polar surface area (TPSA) is 52.0 Å². The summed E-state index contributed by atoms with van der Waals surface area (Å²) >= 11 is 9.26. The third-order valence-corrected chi connectivity index (χ3v) is 3.36. The fourth-order valence-corrected chi connectivity index (χ4v) is 2.17. The number of nitrogen functional groups attached to an aromatic ring is 1. The molecule has 0 saturated carbocycles. The molecule has 1 atom stereocenters. The molecule has 0 saturated heterocycles. The van der Waals surface area contributed by atoms with Crippen molar-refractivity contribution in [2.24, 2.45) is 5.73 Å². The molecule has 0 heterocycles. The zero-order valence-corrected chi connectivity index (χ0v) is 11.4. The largest absolute Gasteiger partial charge is 0.398 e. The number of anilines is 1. The molecule has 0 amide bonds. The average Bonchev–Trinajstić information content (AvgIpc) is 2.32. The molecule has 0 fully saturated rings. The summed E-state index contributed by atoms with van der Waals surface area (Å²) in [6, 6.07) is 12.9. The monoisotopic (exact) mass is 310 g/mol. The zero-order chi connectivity index (χ0) is 12.4. The minimum absolute atomic E-state index is 0.246. The van der Waals surface area contributed by atoms with Crippen LogP contribution in [0, 0.1) is 0 Å². The predicted molar refractivity (Wildman–Crippen MR) is 76.0 cm³/mol. The smallest absolute Gasteiger partial charge is 0.0572 e. The van der Waals surface area contributed by atoms with Crippen molar-refractivity contribution in [3.05, 3.63) is 63.1 Å². The number of hydrogen-bond acceptors (Lipinski definition) is 2. The predicted octanol–water partition coefficient (Wildman–Crippen LogP) is 3.73. The molecule has 0 radical (unpaired) electrons. The summed E-state index contributed by atoms with van der Waals surface area (Å²) in [5.41, 5.74) is 14.7. The minimum Gasteiger partial charge on any atom is -0.398 e. The molecule has 0 aliphatic rings. The van der Waals surface area contributed by atoms with Crippen LogP contribution in [0.25, 0.3) is 0 Å². The standard InChI is InChI=1S/C13H12BrClN2/c14-9-3-6-12(16)11(7-9)13(17)8-1-4-10(15)5-2-8/h1-7,13H,16-17H2. The summed E-state index contributed by atoms with van der Waals surface area (Å²) in [5.74, 6) is 0. The van der Waals surface area contributed by atoms with Crippen molar-refractivity contribution in [3.63, 3.8) is 0 Å². The van der Waals surface area contributed by atoms with E-state index >= 15 is 0 Å². The van der Waals surface area contributed by atoms with Crippen molar-refractivity contribution < 1.29 is 0 Å².